The van der Waals surface area contributed by atoms with Gasteiger partial charge in [-0.25, -0.2) is 18.2 Å². The van der Waals surface area contributed by atoms with E-state index in [4.69, 9.17) is 9.47 Å². The molecule has 0 saturated carbocycles. The van der Waals surface area contributed by atoms with Crippen molar-refractivity contribution in [3.8, 4) is 0 Å². The van der Waals surface area contributed by atoms with Crippen LogP contribution in [0.15, 0.2) is 29.2 Å². The third kappa shape index (κ3) is 6.41. The summed E-state index contributed by atoms with van der Waals surface area (Å²) in [7, 11) is -3.76. The van der Waals surface area contributed by atoms with Crippen molar-refractivity contribution in [1.82, 2.24) is 9.29 Å². The van der Waals surface area contributed by atoms with Crippen LogP contribution in [0.25, 0.3) is 0 Å². The van der Waals surface area contributed by atoms with Gasteiger partial charge < -0.3 is 14.8 Å². The molecule has 9 nitrogen and oxygen atoms in total. The van der Waals surface area contributed by atoms with Gasteiger partial charge in [-0.3, -0.25) is 4.79 Å². The average molecular weight is 510 g/mol. The summed E-state index contributed by atoms with van der Waals surface area (Å²) in [6, 6.07) is 6.02. The molecule has 186 valence electrons. The number of ether oxygens (including phenoxy) is 2. The van der Waals surface area contributed by atoms with E-state index in [0.29, 0.717) is 22.3 Å². The number of rotatable bonds is 9. The molecule has 2 atom stereocenters. The molecule has 1 N–H and O–H groups in total. The maximum absolute atomic E-state index is 13.1. The Bertz CT molecular complexity index is 1140. The zero-order valence-corrected chi connectivity index (χ0v) is 21.7. The topological polar surface area (TPSA) is 115 Å². The van der Waals surface area contributed by atoms with Crippen molar-refractivity contribution in [3.63, 3.8) is 0 Å². The minimum Gasteiger partial charge on any atom is -0.461 e. The minimum atomic E-state index is -3.76. The Hall–Kier alpha value is -2.34. The predicted octanol–water partition coefficient (Wildman–Crippen LogP) is 3.36. The largest absolute Gasteiger partial charge is 0.461 e. The molecule has 1 saturated heterocycles. The van der Waals surface area contributed by atoms with Crippen LogP contribution in [0.4, 0.5) is 5.13 Å². The third-order valence-corrected chi connectivity index (χ3v) is 8.03. The van der Waals surface area contributed by atoms with Gasteiger partial charge in [0, 0.05) is 18.7 Å². The highest BCUT2D eigenvalue weighted by atomic mass is 32.2. The summed E-state index contributed by atoms with van der Waals surface area (Å²) in [6.45, 7) is 10.0. The van der Waals surface area contributed by atoms with E-state index >= 15 is 0 Å². The summed E-state index contributed by atoms with van der Waals surface area (Å²) in [4.78, 5) is 29.8. The Labute approximate surface area is 204 Å². The molecule has 0 aliphatic carbocycles. The molecule has 0 amide bonds. The number of sulfonamides is 1. The molecule has 1 fully saturated rings. The maximum atomic E-state index is 13.1. The highest BCUT2D eigenvalue weighted by molar-refractivity contribution is 7.89. The van der Waals surface area contributed by atoms with E-state index in [-0.39, 0.29) is 54.0 Å². The summed E-state index contributed by atoms with van der Waals surface area (Å²) in [5.74, 6) is -0.507. The fourth-order valence-electron chi connectivity index (χ4n) is 3.53. The zero-order valence-electron chi connectivity index (χ0n) is 20.0. The zero-order chi connectivity index (χ0) is 25.0. The van der Waals surface area contributed by atoms with Gasteiger partial charge in [-0.15, -0.1) is 0 Å². The fraction of sp³-hybridized carbons (Fsp3) is 0.522. The normalized spacial score (nSPS) is 19.2. The van der Waals surface area contributed by atoms with E-state index in [2.05, 4.69) is 10.3 Å². The van der Waals surface area contributed by atoms with Gasteiger partial charge in [-0.2, -0.15) is 4.31 Å². The molecule has 2 unspecified atom stereocenters. The van der Waals surface area contributed by atoms with Gasteiger partial charge in [0.15, 0.2) is 10.9 Å². The van der Waals surface area contributed by atoms with Gasteiger partial charge in [-0.1, -0.05) is 37.3 Å². The maximum Gasteiger partial charge on any atom is 0.350 e. The van der Waals surface area contributed by atoms with E-state index in [0.717, 1.165) is 11.3 Å². The van der Waals surface area contributed by atoms with Gasteiger partial charge >= 0.3 is 5.97 Å². The fourth-order valence-corrected chi connectivity index (χ4v) is 6.03. The summed E-state index contributed by atoms with van der Waals surface area (Å²) >= 11 is 1.12. The lowest BCUT2D eigenvalue weighted by Gasteiger charge is -2.34. The van der Waals surface area contributed by atoms with Crippen molar-refractivity contribution in [2.24, 2.45) is 5.92 Å². The summed E-state index contributed by atoms with van der Waals surface area (Å²) in [6.07, 6.45) is -0.413. The number of morpholine rings is 1. The van der Waals surface area contributed by atoms with Crippen molar-refractivity contribution < 1.29 is 27.5 Å². The Kier molecular flexibility index (Phi) is 8.45. The van der Waals surface area contributed by atoms with E-state index < -0.39 is 16.0 Å². The Balaban J connectivity index is 1.67. The molecule has 3 rings (SSSR count). The first-order chi connectivity index (χ1) is 16.0. The van der Waals surface area contributed by atoms with Crippen molar-refractivity contribution in [1.29, 1.82) is 0 Å². The van der Waals surface area contributed by atoms with Gasteiger partial charge in [0.25, 0.3) is 0 Å². The van der Waals surface area contributed by atoms with Gasteiger partial charge in [0.05, 0.1) is 35.9 Å². The number of carbonyl (C=O) groups is 2. The number of aryl methyl sites for hydroxylation is 1. The monoisotopic (exact) mass is 509 g/mol. The van der Waals surface area contributed by atoms with Crippen molar-refractivity contribution >= 4 is 38.2 Å². The Morgan fingerprint density at radius 3 is 2.59 bits per heavy atom. The Morgan fingerprint density at radius 2 is 1.94 bits per heavy atom. The minimum absolute atomic E-state index is 0.0694. The molecule has 0 bridgehead atoms. The van der Waals surface area contributed by atoms with Gasteiger partial charge in [0.2, 0.25) is 10.0 Å². The number of nitrogens with zero attached hydrogens (tertiary/aromatic N) is 2. The number of Topliss-reactive ketones (excluding diaryl/α,β-unsaturated/α-hetero) is 1. The Morgan fingerprint density at radius 1 is 1.26 bits per heavy atom. The number of aromatic nitrogens is 1. The average Bonchev–Trinajstić information content (AvgIpc) is 3.15. The second-order valence-corrected chi connectivity index (χ2v) is 11.7. The molecule has 0 radical (unpaired) electrons. The molecule has 0 spiro atoms. The standard InChI is InChI=1S/C23H31N3O6S2/c1-14(2)13-31-22(28)21-17(5)25-23(33-21)24-10-20(27)18-7-6-8-19(9-18)34(29,30)26-11-15(3)32-16(4)12-26/h6-9,14-16H,10-13H2,1-5H3,(H,24,25). The molecule has 1 aromatic heterocycles. The number of carbonyl (C=O) groups excluding carboxylic acids is 2. The van der Waals surface area contributed by atoms with E-state index in [1.165, 1.54) is 16.4 Å². The highest BCUT2D eigenvalue weighted by Gasteiger charge is 2.32. The van der Waals surface area contributed by atoms with Gasteiger partial charge in [-0.05, 0) is 38.8 Å². The van der Waals surface area contributed by atoms with Crippen LogP contribution in [0.1, 0.15) is 53.4 Å². The number of ketones is 1. The summed E-state index contributed by atoms with van der Waals surface area (Å²) in [5, 5.41) is 3.35. The SMILES string of the molecule is Cc1nc(NCC(=O)c2cccc(S(=O)(=O)N3CC(C)OC(C)C3)c2)sc1C(=O)OCC(C)C. The van der Waals surface area contributed by atoms with E-state index in [1.807, 2.05) is 27.7 Å². The smallest absolute Gasteiger partial charge is 0.350 e. The van der Waals surface area contributed by atoms with Crippen molar-refractivity contribution in [2.45, 2.75) is 51.7 Å². The second kappa shape index (κ2) is 10.9. The predicted molar refractivity (Wildman–Crippen MR) is 130 cm³/mol. The molecular formula is C23H31N3O6S2. The van der Waals surface area contributed by atoms with Gasteiger partial charge in [0.1, 0.15) is 4.88 Å². The van der Waals surface area contributed by atoms with Crippen LogP contribution in [0, 0.1) is 12.8 Å². The molecule has 1 aliphatic heterocycles. The molecule has 2 heterocycles. The first-order valence-corrected chi connectivity index (χ1v) is 13.4. The van der Waals surface area contributed by atoms with Crippen LogP contribution in [0.2, 0.25) is 0 Å². The number of thiazole rings is 1. The molecular weight excluding hydrogens is 478 g/mol. The molecule has 1 aromatic carbocycles. The lowest BCUT2D eigenvalue weighted by molar-refractivity contribution is -0.0440. The van der Waals surface area contributed by atoms with Crippen LogP contribution in [0.3, 0.4) is 0 Å². The van der Waals surface area contributed by atoms with Crippen LogP contribution in [0.5, 0.6) is 0 Å². The quantitative estimate of drug-likeness (QED) is 0.404. The molecule has 1 aliphatic rings. The number of hydrogen-bond donors (Lipinski definition) is 1. The third-order valence-electron chi connectivity index (χ3n) is 5.11. The van der Waals surface area contributed by atoms with Crippen LogP contribution in [-0.4, -0.2) is 67.9 Å². The van der Waals surface area contributed by atoms with Crippen LogP contribution in [-0.2, 0) is 19.5 Å². The number of nitrogens with one attached hydrogen (secondary N) is 1. The van der Waals surface area contributed by atoms with E-state index in [1.54, 1.807) is 19.1 Å². The molecule has 2 aromatic rings. The lowest BCUT2D eigenvalue weighted by atomic mass is 10.1. The number of anilines is 1. The lowest BCUT2D eigenvalue weighted by Crippen LogP contribution is -2.48. The first-order valence-electron chi connectivity index (χ1n) is 11.1. The van der Waals surface area contributed by atoms with Crippen LogP contribution < -0.4 is 5.32 Å². The number of esters is 1. The highest BCUT2D eigenvalue weighted by Crippen LogP contribution is 2.25. The molecule has 11 heteroatoms. The number of hydrogen-bond acceptors (Lipinski definition) is 9. The molecule has 34 heavy (non-hydrogen) atoms. The van der Waals surface area contributed by atoms with Crippen molar-refractivity contribution in [2.75, 3.05) is 31.6 Å². The number of benzene rings is 1. The summed E-state index contributed by atoms with van der Waals surface area (Å²) < 4.78 is 38.5. The second-order valence-electron chi connectivity index (χ2n) is 8.81. The summed E-state index contributed by atoms with van der Waals surface area (Å²) in [5.41, 5.74) is 0.795. The van der Waals surface area contributed by atoms with Crippen LogP contribution >= 0.6 is 11.3 Å². The van der Waals surface area contributed by atoms with Crippen molar-refractivity contribution in [3.05, 3.63) is 40.4 Å². The van der Waals surface area contributed by atoms with E-state index in [9.17, 15) is 18.0 Å². The first kappa shape index (κ1) is 26.3.